The molecule has 0 saturated carbocycles. The highest BCUT2D eigenvalue weighted by Crippen LogP contribution is 2.15. The van der Waals surface area contributed by atoms with E-state index in [-0.39, 0.29) is 0 Å². The van der Waals surface area contributed by atoms with Gasteiger partial charge in [0.05, 0.1) is 12.2 Å². The number of hydrogen-bond donors (Lipinski definition) is 2. The molecule has 0 amide bonds. The van der Waals surface area contributed by atoms with Gasteiger partial charge >= 0.3 is 6.18 Å². The molecule has 2 N–H and O–H groups in total. The Bertz CT molecular complexity index is 550. The lowest BCUT2D eigenvalue weighted by Gasteiger charge is -2.19. The molecule has 0 radical (unpaired) electrons. The van der Waals surface area contributed by atoms with Crippen molar-refractivity contribution in [3.05, 3.63) is 17.0 Å². The molecule has 138 valence electrons. The Hall–Kier alpha value is -1.77. The van der Waals surface area contributed by atoms with Gasteiger partial charge in [-0.2, -0.15) is 18.3 Å². The first-order chi connectivity index (χ1) is 11.1. The monoisotopic (exact) mass is 348 g/mol. The molecule has 1 rings (SSSR count). The zero-order chi connectivity index (χ0) is 18.3. The fraction of sp³-hybridized carbons (Fsp3) is 0.733. The largest absolute Gasteiger partial charge is 0.401 e. The fourth-order valence-corrected chi connectivity index (χ4v) is 2.41. The molecule has 0 bridgehead atoms. The van der Waals surface area contributed by atoms with E-state index in [0.717, 1.165) is 17.0 Å². The van der Waals surface area contributed by atoms with Crippen LogP contribution < -0.4 is 10.6 Å². The number of aryl methyl sites for hydroxylation is 2. The highest BCUT2D eigenvalue weighted by molar-refractivity contribution is 5.79. The summed E-state index contributed by atoms with van der Waals surface area (Å²) in [4.78, 5) is 5.38. The van der Waals surface area contributed by atoms with E-state index in [1.165, 1.54) is 11.9 Å². The van der Waals surface area contributed by atoms with Crippen LogP contribution in [-0.4, -0.2) is 60.5 Å². The normalized spacial score (nSPS) is 12.8. The lowest BCUT2D eigenvalue weighted by molar-refractivity contribution is -0.143. The third-order valence-corrected chi connectivity index (χ3v) is 3.77. The predicted octanol–water partition coefficient (Wildman–Crippen LogP) is 1.59. The van der Waals surface area contributed by atoms with Crippen molar-refractivity contribution in [1.29, 1.82) is 0 Å². The zero-order valence-corrected chi connectivity index (χ0v) is 15.0. The Morgan fingerprint density at radius 1 is 1.29 bits per heavy atom. The Labute approximate surface area is 141 Å². The second kappa shape index (κ2) is 8.91. The van der Waals surface area contributed by atoms with Crippen molar-refractivity contribution in [2.45, 2.75) is 33.0 Å². The average molecular weight is 348 g/mol. The van der Waals surface area contributed by atoms with Crippen LogP contribution >= 0.6 is 0 Å². The lowest BCUT2D eigenvalue weighted by Crippen LogP contribution is -2.39. The minimum atomic E-state index is -4.15. The second-order valence-corrected chi connectivity index (χ2v) is 5.83. The van der Waals surface area contributed by atoms with Crippen molar-refractivity contribution in [2.75, 3.05) is 33.7 Å². The average Bonchev–Trinajstić information content (AvgIpc) is 2.70. The molecule has 0 spiro atoms. The van der Waals surface area contributed by atoms with Gasteiger partial charge in [-0.1, -0.05) is 0 Å². The van der Waals surface area contributed by atoms with Gasteiger partial charge in [-0.05, 0) is 33.9 Å². The van der Waals surface area contributed by atoms with Crippen molar-refractivity contribution >= 4 is 5.96 Å². The van der Waals surface area contributed by atoms with Gasteiger partial charge in [0.2, 0.25) is 0 Å². The number of guanidine groups is 1. The number of alkyl halides is 3. The fourth-order valence-electron chi connectivity index (χ4n) is 2.41. The van der Waals surface area contributed by atoms with Crippen molar-refractivity contribution in [3.63, 3.8) is 0 Å². The molecule has 1 heterocycles. The summed E-state index contributed by atoms with van der Waals surface area (Å²) in [5, 5.41) is 10.7. The van der Waals surface area contributed by atoms with Crippen LogP contribution in [-0.2, 0) is 13.6 Å². The maximum atomic E-state index is 12.2. The standard InChI is InChI=1S/C15H27F3N6/c1-11-13(12(2)24(5)22-11)9-21-14(19-3)20-7-6-8-23(4)10-15(16,17)18/h6-10H2,1-5H3,(H2,19,20,21). The van der Waals surface area contributed by atoms with E-state index in [0.29, 0.717) is 32.0 Å². The second-order valence-electron chi connectivity index (χ2n) is 5.83. The van der Waals surface area contributed by atoms with Gasteiger partial charge in [0, 0.05) is 38.4 Å². The SMILES string of the molecule is CN=C(NCCCN(C)CC(F)(F)F)NCc1c(C)nn(C)c1C. The van der Waals surface area contributed by atoms with Crippen molar-refractivity contribution < 1.29 is 13.2 Å². The van der Waals surface area contributed by atoms with Crippen LogP contribution in [0.2, 0.25) is 0 Å². The van der Waals surface area contributed by atoms with E-state index >= 15 is 0 Å². The number of aromatic nitrogens is 2. The number of nitrogens with zero attached hydrogens (tertiary/aromatic N) is 4. The molecular formula is C15H27F3N6. The van der Waals surface area contributed by atoms with Crippen LogP contribution in [0, 0.1) is 13.8 Å². The molecule has 0 unspecified atom stereocenters. The molecule has 9 heteroatoms. The summed E-state index contributed by atoms with van der Waals surface area (Å²) >= 11 is 0. The summed E-state index contributed by atoms with van der Waals surface area (Å²) in [5.74, 6) is 0.621. The number of halogens is 3. The van der Waals surface area contributed by atoms with Gasteiger partial charge in [-0.25, -0.2) is 0 Å². The predicted molar refractivity (Wildman–Crippen MR) is 89.1 cm³/mol. The Morgan fingerprint density at radius 3 is 2.46 bits per heavy atom. The van der Waals surface area contributed by atoms with Gasteiger partial charge in [0.15, 0.2) is 5.96 Å². The van der Waals surface area contributed by atoms with Crippen LogP contribution in [0.25, 0.3) is 0 Å². The minimum absolute atomic E-state index is 0.365. The highest BCUT2D eigenvalue weighted by atomic mass is 19.4. The van der Waals surface area contributed by atoms with E-state index < -0.39 is 12.7 Å². The van der Waals surface area contributed by atoms with Gasteiger partial charge in [-0.15, -0.1) is 0 Å². The first-order valence-corrected chi connectivity index (χ1v) is 7.83. The zero-order valence-electron chi connectivity index (χ0n) is 15.0. The van der Waals surface area contributed by atoms with E-state index in [9.17, 15) is 13.2 Å². The van der Waals surface area contributed by atoms with E-state index in [1.807, 2.05) is 25.6 Å². The van der Waals surface area contributed by atoms with Crippen LogP contribution in [0.5, 0.6) is 0 Å². The van der Waals surface area contributed by atoms with Crippen LogP contribution in [0.3, 0.4) is 0 Å². The Morgan fingerprint density at radius 2 is 1.96 bits per heavy atom. The molecule has 0 fully saturated rings. The topological polar surface area (TPSA) is 57.5 Å². The first-order valence-electron chi connectivity index (χ1n) is 7.83. The molecule has 0 aliphatic rings. The smallest absolute Gasteiger partial charge is 0.356 e. The molecular weight excluding hydrogens is 321 g/mol. The molecule has 1 aromatic rings. The van der Waals surface area contributed by atoms with Gasteiger partial charge in [-0.3, -0.25) is 14.6 Å². The third-order valence-electron chi connectivity index (χ3n) is 3.77. The maximum Gasteiger partial charge on any atom is 0.401 e. The highest BCUT2D eigenvalue weighted by Gasteiger charge is 2.28. The van der Waals surface area contributed by atoms with E-state index in [2.05, 4.69) is 20.7 Å². The maximum absolute atomic E-state index is 12.2. The van der Waals surface area contributed by atoms with Gasteiger partial charge in [0.25, 0.3) is 0 Å². The Kier molecular flexibility index (Phi) is 7.53. The van der Waals surface area contributed by atoms with Gasteiger partial charge < -0.3 is 10.6 Å². The van der Waals surface area contributed by atoms with Crippen molar-refractivity contribution in [3.8, 4) is 0 Å². The minimum Gasteiger partial charge on any atom is -0.356 e. The van der Waals surface area contributed by atoms with Gasteiger partial charge in [0.1, 0.15) is 0 Å². The Balaban J connectivity index is 2.33. The van der Waals surface area contributed by atoms with Crippen molar-refractivity contribution in [2.24, 2.45) is 12.0 Å². The summed E-state index contributed by atoms with van der Waals surface area (Å²) in [5.41, 5.74) is 3.17. The van der Waals surface area contributed by atoms with Crippen molar-refractivity contribution in [1.82, 2.24) is 25.3 Å². The summed E-state index contributed by atoms with van der Waals surface area (Å²) in [6.45, 7) is 4.58. The molecule has 0 aliphatic heterocycles. The summed E-state index contributed by atoms with van der Waals surface area (Å²) < 4.78 is 38.5. The molecule has 6 nitrogen and oxygen atoms in total. The van der Waals surface area contributed by atoms with E-state index in [1.54, 1.807) is 7.05 Å². The quantitative estimate of drug-likeness (QED) is 0.446. The first kappa shape index (κ1) is 20.3. The summed E-state index contributed by atoms with van der Waals surface area (Å²) in [6.07, 6.45) is -3.56. The van der Waals surface area contributed by atoms with Crippen LogP contribution in [0.15, 0.2) is 4.99 Å². The molecule has 24 heavy (non-hydrogen) atoms. The molecule has 0 aromatic carbocycles. The lowest BCUT2D eigenvalue weighted by atomic mass is 10.2. The summed E-state index contributed by atoms with van der Waals surface area (Å²) in [6, 6.07) is 0. The molecule has 0 atom stereocenters. The molecule has 0 aliphatic carbocycles. The van der Waals surface area contributed by atoms with E-state index in [4.69, 9.17) is 0 Å². The molecule has 1 aromatic heterocycles. The number of hydrogen-bond acceptors (Lipinski definition) is 3. The van der Waals surface area contributed by atoms with Crippen LogP contribution in [0.1, 0.15) is 23.4 Å². The number of rotatable bonds is 7. The number of aliphatic imine (C=N–C) groups is 1. The molecule has 0 saturated heterocycles. The van der Waals surface area contributed by atoms with Crippen LogP contribution in [0.4, 0.5) is 13.2 Å². The number of nitrogens with one attached hydrogen (secondary N) is 2. The third kappa shape index (κ3) is 6.77. The summed E-state index contributed by atoms with van der Waals surface area (Å²) in [7, 11) is 5.03.